The van der Waals surface area contributed by atoms with Crippen LogP contribution in [0, 0.1) is 5.92 Å². The van der Waals surface area contributed by atoms with Gasteiger partial charge < -0.3 is 10.2 Å². The zero-order valence-corrected chi connectivity index (χ0v) is 13.8. The molecule has 1 aliphatic rings. The van der Waals surface area contributed by atoms with E-state index in [1.165, 1.54) is 11.5 Å². The molecule has 1 saturated heterocycles. The van der Waals surface area contributed by atoms with E-state index in [4.69, 9.17) is 0 Å². The Morgan fingerprint density at radius 3 is 3.25 bits per heavy atom. The topological polar surface area (TPSA) is 88.3 Å². The zero-order valence-electron chi connectivity index (χ0n) is 13.0. The van der Waals surface area contributed by atoms with Gasteiger partial charge in [0.25, 0.3) is 5.91 Å². The zero-order chi connectivity index (χ0) is 16.4. The average molecular weight is 343 g/mol. The fourth-order valence-corrected chi connectivity index (χ4v) is 3.56. The molecule has 3 aromatic rings. The molecule has 1 atom stereocenters. The summed E-state index contributed by atoms with van der Waals surface area (Å²) in [7, 11) is 0. The minimum Gasteiger partial charge on any atom is -0.353 e. The predicted octanol–water partition coefficient (Wildman–Crippen LogP) is 1.23. The van der Waals surface area contributed by atoms with Gasteiger partial charge in [-0.3, -0.25) is 9.20 Å². The molecule has 1 unspecified atom stereocenters. The highest BCUT2D eigenvalue weighted by molar-refractivity contribution is 7.08. The molecule has 1 N–H and O–H groups in total. The van der Waals surface area contributed by atoms with Crippen LogP contribution >= 0.6 is 11.5 Å². The number of rotatable bonds is 4. The van der Waals surface area contributed by atoms with Crippen molar-refractivity contribution in [1.29, 1.82) is 0 Å². The van der Waals surface area contributed by atoms with Crippen molar-refractivity contribution < 1.29 is 4.79 Å². The molecule has 0 radical (unpaired) electrons. The lowest BCUT2D eigenvalue weighted by Crippen LogP contribution is -2.41. The Morgan fingerprint density at radius 2 is 2.38 bits per heavy atom. The van der Waals surface area contributed by atoms with Gasteiger partial charge in [-0.25, -0.2) is 9.36 Å². The van der Waals surface area contributed by atoms with Crippen molar-refractivity contribution in [2.45, 2.75) is 12.8 Å². The minimum absolute atomic E-state index is 0.0488. The first-order valence-corrected chi connectivity index (χ1v) is 8.67. The van der Waals surface area contributed by atoms with Crippen molar-refractivity contribution in [3.63, 3.8) is 0 Å². The summed E-state index contributed by atoms with van der Waals surface area (Å²) >= 11 is 1.22. The van der Waals surface area contributed by atoms with Crippen molar-refractivity contribution in [3.8, 4) is 0 Å². The largest absolute Gasteiger partial charge is 0.353 e. The summed E-state index contributed by atoms with van der Waals surface area (Å²) in [6.07, 6.45) is 9.09. The molecule has 0 bridgehead atoms. The van der Waals surface area contributed by atoms with E-state index in [0.29, 0.717) is 17.3 Å². The number of fused-ring (bicyclic) bond motifs is 1. The second kappa shape index (κ2) is 6.52. The number of hydrogen-bond donors (Lipinski definition) is 1. The van der Waals surface area contributed by atoms with Crippen molar-refractivity contribution >= 4 is 28.9 Å². The standard InChI is InChI=1S/C15H17N7OS/c23-15(12-3-4-19-24-12)17-8-11-2-1-6-21(9-11)13-14-20-18-10-22(14)7-5-16-13/h3-5,7,10-11H,1-2,6,8-9H2,(H,17,23). The molecule has 8 nitrogen and oxygen atoms in total. The number of aromatic nitrogens is 5. The van der Waals surface area contributed by atoms with Crippen LogP contribution in [0.2, 0.25) is 0 Å². The van der Waals surface area contributed by atoms with Crippen LogP contribution in [-0.2, 0) is 0 Å². The molecule has 4 rings (SSSR count). The molecule has 124 valence electrons. The highest BCUT2D eigenvalue weighted by Gasteiger charge is 2.23. The van der Waals surface area contributed by atoms with E-state index in [1.54, 1.807) is 24.8 Å². The van der Waals surface area contributed by atoms with Gasteiger partial charge in [-0.1, -0.05) is 0 Å². The monoisotopic (exact) mass is 343 g/mol. The molecule has 3 aromatic heterocycles. The van der Waals surface area contributed by atoms with Gasteiger partial charge in [-0.05, 0) is 36.4 Å². The predicted molar refractivity (Wildman–Crippen MR) is 90.2 cm³/mol. The van der Waals surface area contributed by atoms with Crippen LogP contribution in [0.25, 0.3) is 5.65 Å². The Hall–Kier alpha value is -2.55. The van der Waals surface area contributed by atoms with E-state index < -0.39 is 0 Å². The SMILES string of the molecule is O=C(NCC1CCCN(c2nccn3cnnc23)C1)c1ccns1. The molecule has 1 amide bonds. The smallest absolute Gasteiger partial charge is 0.262 e. The van der Waals surface area contributed by atoms with Gasteiger partial charge in [0.05, 0.1) is 0 Å². The summed E-state index contributed by atoms with van der Waals surface area (Å²) in [4.78, 5) is 19.4. The molecular weight excluding hydrogens is 326 g/mol. The van der Waals surface area contributed by atoms with E-state index in [9.17, 15) is 4.79 Å². The number of nitrogens with one attached hydrogen (secondary N) is 1. The molecular formula is C15H17N7OS. The normalized spacial score (nSPS) is 18.0. The number of nitrogens with zero attached hydrogens (tertiary/aromatic N) is 6. The number of anilines is 1. The van der Waals surface area contributed by atoms with Crippen molar-refractivity contribution in [1.82, 2.24) is 29.3 Å². The Kier molecular flexibility index (Phi) is 4.08. The van der Waals surface area contributed by atoms with Gasteiger partial charge in [0.15, 0.2) is 5.82 Å². The van der Waals surface area contributed by atoms with Gasteiger partial charge >= 0.3 is 0 Å². The van der Waals surface area contributed by atoms with Crippen LogP contribution in [0.3, 0.4) is 0 Å². The fraction of sp³-hybridized carbons (Fsp3) is 0.400. The van der Waals surface area contributed by atoms with Crippen molar-refractivity contribution in [3.05, 3.63) is 35.9 Å². The highest BCUT2D eigenvalue weighted by atomic mass is 32.1. The van der Waals surface area contributed by atoms with E-state index >= 15 is 0 Å². The summed E-state index contributed by atoms with van der Waals surface area (Å²) < 4.78 is 5.84. The Labute approximate surface area is 142 Å². The summed E-state index contributed by atoms with van der Waals surface area (Å²) in [6, 6.07) is 1.74. The number of carbonyl (C=O) groups is 1. The first-order valence-electron chi connectivity index (χ1n) is 7.89. The van der Waals surface area contributed by atoms with Gasteiger partial charge in [-0.2, -0.15) is 0 Å². The number of carbonyl (C=O) groups excluding carboxylic acids is 1. The van der Waals surface area contributed by atoms with E-state index in [-0.39, 0.29) is 5.91 Å². The maximum absolute atomic E-state index is 12.1. The lowest BCUT2D eigenvalue weighted by atomic mass is 9.98. The van der Waals surface area contributed by atoms with Crippen LogP contribution in [0.1, 0.15) is 22.5 Å². The summed E-state index contributed by atoms with van der Waals surface area (Å²) in [5, 5.41) is 11.1. The Morgan fingerprint density at radius 1 is 1.42 bits per heavy atom. The molecule has 0 saturated carbocycles. The Bertz CT molecular complexity index is 831. The van der Waals surface area contributed by atoms with Crippen LogP contribution < -0.4 is 10.2 Å². The van der Waals surface area contributed by atoms with Crippen molar-refractivity contribution in [2.75, 3.05) is 24.5 Å². The first kappa shape index (κ1) is 15.0. The van der Waals surface area contributed by atoms with E-state index in [0.717, 1.165) is 37.4 Å². The Balaban J connectivity index is 1.42. The molecule has 1 fully saturated rings. The highest BCUT2D eigenvalue weighted by Crippen LogP contribution is 2.23. The number of piperidine rings is 1. The second-order valence-corrected chi connectivity index (χ2v) is 6.69. The molecule has 0 aromatic carbocycles. The van der Waals surface area contributed by atoms with E-state index in [2.05, 4.69) is 29.8 Å². The van der Waals surface area contributed by atoms with Gasteiger partial charge in [-0.15, -0.1) is 10.2 Å². The number of hydrogen-bond acceptors (Lipinski definition) is 7. The summed E-state index contributed by atoms with van der Waals surface area (Å²) in [5.41, 5.74) is 0.770. The number of amides is 1. The van der Waals surface area contributed by atoms with Gasteiger partial charge in [0.2, 0.25) is 5.65 Å². The summed E-state index contributed by atoms with van der Waals surface area (Å²) in [6.45, 7) is 2.45. The quantitative estimate of drug-likeness (QED) is 0.766. The van der Waals surface area contributed by atoms with Crippen molar-refractivity contribution in [2.24, 2.45) is 5.92 Å². The van der Waals surface area contributed by atoms with Gasteiger partial charge in [0.1, 0.15) is 11.2 Å². The maximum Gasteiger partial charge on any atom is 0.262 e. The van der Waals surface area contributed by atoms with Crippen LogP contribution in [-0.4, -0.2) is 49.5 Å². The molecule has 0 spiro atoms. The first-order chi connectivity index (χ1) is 11.8. The summed E-state index contributed by atoms with van der Waals surface area (Å²) in [5.74, 6) is 1.20. The van der Waals surface area contributed by atoms with Crippen LogP contribution in [0.15, 0.2) is 31.0 Å². The molecule has 0 aliphatic carbocycles. The third-order valence-corrected chi connectivity index (χ3v) is 4.97. The average Bonchev–Trinajstić information content (AvgIpc) is 3.30. The molecule has 24 heavy (non-hydrogen) atoms. The van der Waals surface area contributed by atoms with Gasteiger partial charge in [0, 0.05) is 38.2 Å². The van der Waals surface area contributed by atoms with Crippen LogP contribution in [0.4, 0.5) is 5.82 Å². The lowest BCUT2D eigenvalue weighted by Gasteiger charge is -2.33. The molecule has 1 aliphatic heterocycles. The fourth-order valence-electron chi connectivity index (χ4n) is 3.05. The maximum atomic E-state index is 12.1. The second-order valence-electron chi connectivity index (χ2n) is 5.85. The van der Waals surface area contributed by atoms with Crippen LogP contribution in [0.5, 0.6) is 0 Å². The third-order valence-electron chi connectivity index (χ3n) is 4.23. The third kappa shape index (κ3) is 2.94. The lowest BCUT2D eigenvalue weighted by molar-refractivity contribution is 0.0949. The van der Waals surface area contributed by atoms with E-state index in [1.807, 2.05) is 10.6 Å². The minimum atomic E-state index is -0.0488. The molecule has 4 heterocycles. The molecule has 9 heteroatoms.